The molecule has 4 rings (SSSR count). The largest absolute Gasteiger partial charge is 0.347 e. The summed E-state index contributed by atoms with van der Waals surface area (Å²) in [6.07, 6.45) is 4.68. The van der Waals surface area contributed by atoms with E-state index >= 15 is 0 Å². The van der Waals surface area contributed by atoms with E-state index in [1.807, 2.05) is 0 Å². The maximum atomic E-state index is 13.8. The van der Waals surface area contributed by atoms with Crippen molar-refractivity contribution in [2.75, 3.05) is 14.1 Å². The van der Waals surface area contributed by atoms with Crippen LogP contribution >= 0.6 is 23.2 Å². The summed E-state index contributed by atoms with van der Waals surface area (Å²) >= 11 is 12.2. The van der Waals surface area contributed by atoms with Gasteiger partial charge >= 0.3 is 0 Å². The van der Waals surface area contributed by atoms with Crippen molar-refractivity contribution in [2.24, 2.45) is 5.92 Å². The lowest BCUT2D eigenvalue weighted by atomic mass is 9.85. The molecule has 3 aliphatic heterocycles. The van der Waals surface area contributed by atoms with Gasteiger partial charge in [-0.1, -0.05) is 29.3 Å². The molecule has 5 atom stereocenters. The van der Waals surface area contributed by atoms with Crippen molar-refractivity contribution >= 4 is 45.0 Å². The molecule has 10 heteroatoms. The van der Waals surface area contributed by atoms with Crippen LogP contribution in [0.15, 0.2) is 35.7 Å². The summed E-state index contributed by atoms with van der Waals surface area (Å²) in [6, 6.07) is 2.03. The van der Waals surface area contributed by atoms with Gasteiger partial charge in [-0.2, -0.15) is 4.31 Å². The van der Waals surface area contributed by atoms with Crippen LogP contribution in [0.1, 0.15) is 32.1 Å². The van der Waals surface area contributed by atoms with E-state index in [0.717, 1.165) is 6.42 Å². The molecule has 32 heavy (non-hydrogen) atoms. The number of piperidine rings is 1. The van der Waals surface area contributed by atoms with Crippen LogP contribution in [0.25, 0.3) is 0 Å². The highest BCUT2D eigenvalue weighted by Gasteiger charge is 2.56. The van der Waals surface area contributed by atoms with Crippen LogP contribution < -0.4 is 0 Å². The Kier molecular flexibility index (Phi) is 6.35. The predicted molar refractivity (Wildman–Crippen MR) is 123 cm³/mol. The number of hydrogen-bond acceptors (Lipinski definition) is 4. The van der Waals surface area contributed by atoms with Gasteiger partial charge in [-0.15, -0.1) is 6.58 Å². The number of fused-ring (bicyclic) bond motifs is 3. The maximum absolute atomic E-state index is 13.8. The van der Waals surface area contributed by atoms with Crippen molar-refractivity contribution in [1.82, 2.24) is 14.1 Å². The highest BCUT2D eigenvalue weighted by atomic mass is 35.5. The highest BCUT2D eigenvalue weighted by Crippen LogP contribution is 2.44. The standard InChI is InChI=1S/C22H27Cl2N3O4S/c1-4-16-17-8-9-19(21(28)25(2)3)26(17)22(29)20-7-5-6-18(16)27(20)32(30,31)15-11-13(23)10-14(24)12-15/h4,10-12,16-20H,1,5-9H2,2-3H3/t16-,17-,18-,19-,20?/m0/s1. The van der Waals surface area contributed by atoms with Gasteiger partial charge in [0, 0.05) is 42.1 Å². The summed E-state index contributed by atoms with van der Waals surface area (Å²) in [5, 5.41) is 0.417. The molecule has 0 N–H and O–H groups in total. The first-order chi connectivity index (χ1) is 15.1. The second kappa shape index (κ2) is 8.63. The number of benzene rings is 1. The Morgan fingerprint density at radius 1 is 1.09 bits per heavy atom. The molecule has 3 fully saturated rings. The molecule has 0 spiro atoms. The first-order valence-corrected chi connectivity index (χ1v) is 12.9. The van der Waals surface area contributed by atoms with E-state index < -0.39 is 28.1 Å². The van der Waals surface area contributed by atoms with E-state index in [-0.39, 0.29) is 38.7 Å². The highest BCUT2D eigenvalue weighted by molar-refractivity contribution is 7.89. The van der Waals surface area contributed by atoms with Gasteiger partial charge in [0.05, 0.1) is 4.90 Å². The lowest BCUT2D eigenvalue weighted by Crippen LogP contribution is -2.56. The fourth-order valence-corrected chi connectivity index (χ4v) is 8.15. The van der Waals surface area contributed by atoms with E-state index in [2.05, 4.69) is 6.58 Å². The molecule has 0 aliphatic carbocycles. The van der Waals surface area contributed by atoms with Gasteiger partial charge in [0.2, 0.25) is 21.8 Å². The normalized spacial score (nSPS) is 30.6. The summed E-state index contributed by atoms with van der Waals surface area (Å²) in [4.78, 5) is 29.8. The molecule has 2 amide bonds. The summed E-state index contributed by atoms with van der Waals surface area (Å²) in [7, 11) is -0.741. The summed E-state index contributed by atoms with van der Waals surface area (Å²) in [5.41, 5.74) is 0. The zero-order valence-electron chi connectivity index (χ0n) is 18.1. The molecule has 0 aromatic heterocycles. The van der Waals surface area contributed by atoms with Crippen LogP contribution in [0.2, 0.25) is 10.0 Å². The van der Waals surface area contributed by atoms with Gasteiger partial charge in [0.15, 0.2) is 0 Å². The fourth-order valence-electron chi connectivity index (χ4n) is 5.56. The molecular formula is C22H27Cl2N3O4S. The van der Waals surface area contributed by atoms with Crippen LogP contribution in [-0.4, -0.2) is 72.6 Å². The Bertz CT molecular complexity index is 1040. The van der Waals surface area contributed by atoms with E-state index in [1.54, 1.807) is 25.1 Å². The average Bonchev–Trinajstić information content (AvgIpc) is 3.14. The SMILES string of the molecule is C=C[C@H]1[C@@H]2CC[C@@H](C(=O)N(C)C)N2C(=O)C2CCC[C@@H]1N2S(=O)(=O)c1cc(Cl)cc(Cl)c1. The molecule has 7 nitrogen and oxygen atoms in total. The third kappa shape index (κ3) is 3.75. The molecular weight excluding hydrogens is 473 g/mol. The summed E-state index contributed by atoms with van der Waals surface area (Å²) in [6.45, 7) is 3.98. The Morgan fingerprint density at radius 2 is 1.75 bits per heavy atom. The number of nitrogens with zero attached hydrogens (tertiary/aromatic N) is 3. The van der Waals surface area contributed by atoms with Gasteiger partial charge < -0.3 is 9.80 Å². The molecule has 2 bridgehead atoms. The average molecular weight is 500 g/mol. The molecule has 1 unspecified atom stereocenters. The topological polar surface area (TPSA) is 78.0 Å². The number of halogens is 2. The van der Waals surface area contributed by atoms with E-state index in [1.165, 1.54) is 27.4 Å². The van der Waals surface area contributed by atoms with Crippen molar-refractivity contribution in [3.8, 4) is 0 Å². The van der Waals surface area contributed by atoms with Gasteiger partial charge in [-0.3, -0.25) is 9.59 Å². The van der Waals surface area contributed by atoms with Crippen LogP contribution in [0, 0.1) is 5.92 Å². The van der Waals surface area contributed by atoms with Crippen molar-refractivity contribution in [3.63, 3.8) is 0 Å². The van der Waals surface area contributed by atoms with Gasteiger partial charge in [0.25, 0.3) is 0 Å². The minimum atomic E-state index is -4.08. The number of sulfonamides is 1. The lowest BCUT2D eigenvalue weighted by molar-refractivity contribution is -0.145. The van der Waals surface area contributed by atoms with Crippen molar-refractivity contribution in [1.29, 1.82) is 0 Å². The molecule has 0 radical (unpaired) electrons. The van der Waals surface area contributed by atoms with Crippen LogP contribution in [0.5, 0.6) is 0 Å². The zero-order valence-corrected chi connectivity index (χ0v) is 20.4. The Labute approximate surface area is 199 Å². The van der Waals surface area contributed by atoms with Gasteiger partial charge in [0.1, 0.15) is 12.1 Å². The molecule has 3 aliphatic rings. The predicted octanol–water partition coefficient (Wildman–Crippen LogP) is 3.17. The molecule has 174 valence electrons. The Balaban J connectivity index is 1.83. The fraction of sp³-hybridized carbons (Fsp3) is 0.545. The molecule has 3 saturated heterocycles. The number of amides is 2. The maximum Gasteiger partial charge on any atom is 0.244 e. The van der Waals surface area contributed by atoms with Crippen molar-refractivity contribution < 1.29 is 18.0 Å². The number of hydrogen-bond donors (Lipinski definition) is 0. The van der Waals surface area contributed by atoms with E-state index in [4.69, 9.17) is 23.2 Å². The van der Waals surface area contributed by atoms with E-state index in [0.29, 0.717) is 25.7 Å². The number of likely N-dealkylation sites (N-methyl/N-ethyl adjacent to an activating group) is 1. The van der Waals surface area contributed by atoms with Gasteiger partial charge in [-0.05, 0) is 50.3 Å². The number of carbonyl (C=O) groups excluding carboxylic acids is 2. The zero-order chi connectivity index (χ0) is 23.4. The smallest absolute Gasteiger partial charge is 0.244 e. The van der Waals surface area contributed by atoms with Crippen molar-refractivity contribution in [2.45, 2.75) is 61.2 Å². The minimum absolute atomic E-state index is 0.0366. The summed E-state index contributed by atoms with van der Waals surface area (Å²) in [5.74, 6) is -0.733. The molecule has 1 aromatic rings. The monoisotopic (exact) mass is 499 g/mol. The van der Waals surface area contributed by atoms with Crippen LogP contribution in [-0.2, 0) is 19.6 Å². The first-order valence-electron chi connectivity index (χ1n) is 10.7. The molecule has 1 aromatic carbocycles. The third-order valence-corrected chi connectivity index (χ3v) is 9.23. The van der Waals surface area contributed by atoms with Crippen LogP contribution in [0.3, 0.4) is 0 Å². The first kappa shape index (κ1) is 23.5. The lowest BCUT2D eigenvalue weighted by Gasteiger charge is -2.40. The third-order valence-electron chi connectivity index (χ3n) is 6.88. The molecule has 0 saturated carbocycles. The van der Waals surface area contributed by atoms with Gasteiger partial charge in [-0.25, -0.2) is 8.42 Å². The Hall–Kier alpha value is -1.61. The van der Waals surface area contributed by atoms with E-state index in [9.17, 15) is 18.0 Å². The number of carbonyl (C=O) groups is 2. The molecule has 3 heterocycles. The number of rotatable bonds is 4. The summed E-state index contributed by atoms with van der Waals surface area (Å²) < 4.78 is 29.0. The second-order valence-electron chi connectivity index (χ2n) is 8.91. The second-order valence-corrected chi connectivity index (χ2v) is 11.6. The Morgan fingerprint density at radius 3 is 2.34 bits per heavy atom. The quantitative estimate of drug-likeness (QED) is 0.596. The minimum Gasteiger partial charge on any atom is -0.347 e. The van der Waals surface area contributed by atoms with Crippen LogP contribution in [0.4, 0.5) is 0 Å². The van der Waals surface area contributed by atoms with Crippen molar-refractivity contribution in [3.05, 3.63) is 40.9 Å².